The number of fused-ring (bicyclic) bond motifs is 1. The second kappa shape index (κ2) is 5.28. The molecule has 1 heterocycles. The third kappa shape index (κ3) is 2.36. The summed E-state index contributed by atoms with van der Waals surface area (Å²) in [5.74, 6) is 0.571. The molecule has 0 bridgehead atoms. The van der Waals surface area contributed by atoms with Crippen molar-refractivity contribution in [3.8, 4) is 23.8 Å². The van der Waals surface area contributed by atoms with Crippen molar-refractivity contribution in [2.45, 2.75) is 0 Å². The lowest BCUT2D eigenvalue weighted by Gasteiger charge is -2.07. The Balaban J connectivity index is 2.03. The molecular formula is C16H8N4O. The van der Waals surface area contributed by atoms with Crippen molar-refractivity contribution in [3.63, 3.8) is 0 Å². The van der Waals surface area contributed by atoms with Gasteiger partial charge in [-0.15, -0.1) is 0 Å². The summed E-state index contributed by atoms with van der Waals surface area (Å²) >= 11 is 0. The average Bonchev–Trinajstić information content (AvgIpc) is 2.54. The molecule has 0 fully saturated rings. The van der Waals surface area contributed by atoms with Gasteiger partial charge in [0, 0.05) is 0 Å². The summed E-state index contributed by atoms with van der Waals surface area (Å²) in [6.07, 6.45) is 1.49. The Labute approximate surface area is 120 Å². The minimum absolute atomic E-state index is 0.190. The molecule has 0 amide bonds. The Morgan fingerprint density at radius 3 is 2.48 bits per heavy atom. The van der Waals surface area contributed by atoms with Gasteiger partial charge in [0.2, 0.25) is 5.88 Å². The molecule has 0 aliphatic rings. The fourth-order valence-corrected chi connectivity index (χ4v) is 1.93. The lowest BCUT2D eigenvalue weighted by Crippen LogP contribution is -1.94. The van der Waals surface area contributed by atoms with Crippen LogP contribution < -0.4 is 4.74 Å². The molecule has 0 radical (unpaired) electrons. The molecule has 0 atom stereocenters. The van der Waals surface area contributed by atoms with Crippen LogP contribution in [0.3, 0.4) is 0 Å². The van der Waals surface area contributed by atoms with Gasteiger partial charge in [-0.05, 0) is 24.3 Å². The highest BCUT2D eigenvalue weighted by Crippen LogP contribution is 2.26. The monoisotopic (exact) mass is 272 g/mol. The maximum Gasteiger partial charge on any atom is 0.238 e. The van der Waals surface area contributed by atoms with Crippen LogP contribution in [0.5, 0.6) is 11.6 Å². The maximum atomic E-state index is 9.16. The number of nitriles is 2. The van der Waals surface area contributed by atoms with Crippen LogP contribution >= 0.6 is 0 Å². The van der Waals surface area contributed by atoms with E-state index in [0.29, 0.717) is 11.3 Å². The van der Waals surface area contributed by atoms with E-state index in [4.69, 9.17) is 15.3 Å². The van der Waals surface area contributed by atoms with Crippen LogP contribution in [0.4, 0.5) is 0 Å². The Morgan fingerprint density at radius 2 is 1.71 bits per heavy atom. The van der Waals surface area contributed by atoms with Gasteiger partial charge in [-0.2, -0.15) is 10.5 Å². The van der Waals surface area contributed by atoms with Crippen molar-refractivity contribution in [1.29, 1.82) is 10.5 Å². The van der Waals surface area contributed by atoms with Gasteiger partial charge in [0.15, 0.2) is 0 Å². The number of hydrogen-bond donors (Lipinski definition) is 0. The molecule has 3 aromatic rings. The number of para-hydroxylation sites is 2. The van der Waals surface area contributed by atoms with Crippen molar-refractivity contribution in [2.24, 2.45) is 0 Å². The van der Waals surface area contributed by atoms with Crippen molar-refractivity contribution >= 4 is 11.0 Å². The van der Waals surface area contributed by atoms with E-state index in [1.165, 1.54) is 6.20 Å². The lowest BCUT2D eigenvalue weighted by atomic mass is 10.1. The first-order valence-electron chi connectivity index (χ1n) is 6.14. The smallest absolute Gasteiger partial charge is 0.238 e. The number of rotatable bonds is 2. The summed E-state index contributed by atoms with van der Waals surface area (Å²) in [4.78, 5) is 8.56. The van der Waals surface area contributed by atoms with Crippen LogP contribution in [0.1, 0.15) is 11.1 Å². The molecule has 0 aliphatic carbocycles. The fourth-order valence-electron chi connectivity index (χ4n) is 1.93. The van der Waals surface area contributed by atoms with E-state index in [-0.39, 0.29) is 17.0 Å². The molecule has 0 spiro atoms. The van der Waals surface area contributed by atoms with Crippen LogP contribution in [0.2, 0.25) is 0 Å². The number of aromatic nitrogens is 2. The highest BCUT2D eigenvalue weighted by molar-refractivity contribution is 5.74. The van der Waals surface area contributed by atoms with Gasteiger partial charge in [-0.25, -0.2) is 9.97 Å². The molecule has 0 unspecified atom stereocenters. The van der Waals surface area contributed by atoms with Crippen molar-refractivity contribution in [2.75, 3.05) is 0 Å². The summed E-state index contributed by atoms with van der Waals surface area (Å²) in [7, 11) is 0. The Bertz CT molecular complexity index is 906. The van der Waals surface area contributed by atoms with E-state index >= 15 is 0 Å². The second-order valence-electron chi connectivity index (χ2n) is 4.20. The summed E-state index contributed by atoms with van der Waals surface area (Å²) in [6.45, 7) is 0. The van der Waals surface area contributed by atoms with Gasteiger partial charge in [0.1, 0.15) is 23.5 Å². The third-order valence-electron chi connectivity index (χ3n) is 2.90. The second-order valence-corrected chi connectivity index (χ2v) is 4.20. The highest BCUT2D eigenvalue weighted by Gasteiger charge is 2.10. The van der Waals surface area contributed by atoms with E-state index in [9.17, 15) is 0 Å². The molecule has 0 N–H and O–H groups in total. The molecule has 5 heteroatoms. The molecule has 21 heavy (non-hydrogen) atoms. The van der Waals surface area contributed by atoms with Crippen molar-refractivity contribution < 1.29 is 4.74 Å². The van der Waals surface area contributed by atoms with E-state index in [2.05, 4.69) is 9.97 Å². The summed E-state index contributed by atoms with van der Waals surface area (Å²) in [5, 5.41) is 18.2. The highest BCUT2D eigenvalue weighted by atomic mass is 16.5. The van der Waals surface area contributed by atoms with Crippen LogP contribution in [0.25, 0.3) is 11.0 Å². The third-order valence-corrected chi connectivity index (χ3v) is 2.90. The number of ether oxygens (including phenoxy) is 1. The topological polar surface area (TPSA) is 82.6 Å². The number of hydrogen-bond acceptors (Lipinski definition) is 5. The molecule has 0 saturated carbocycles. The van der Waals surface area contributed by atoms with E-state index in [1.807, 2.05) is 36.4 Å². The molecule has 1 aromatic heterocycles. The lowest BCUT2D eigenvalue weighted by molar-refractivity contribution is 0.461. The van der Waals surface area contributed by atoms with Gasteiger partial charge >= 0.3 is 0 Å². The summed E-state index contributed by atoms with van der Waals surface area (Å²) < 4.78 is 5.60. The van der Waals surface area contributed by atoms with E-state index < -0.39 is 0 Å². The average molecular weight is 272 g/mol. The van der Waals surface area contributed by atoms with Crippen LogP contribution in [0, 0.1) is 22.7 Å². The van der Waals surface area contributed by atoms with Crippen molar-refractivity contribution in [3.05, 3.63) is 59.8 Å². The van der Waals surface area contributed by atoms with Crippen LogP contribution in [0.15, 0.2) is 48.7 Å². The van der Waals surface area contributed by atoms with E-state index in [0.717, 1.165) is 5.52 Å². The molecule has 5 nitrogen and oxygen atoms in total. The summed E-state index contributed by atoms with van der Waals surface area (Å²) in [5.41, 5.74) is 1.92. The van der Waals surface area contributed by atoms with Crippen LogP contribution in [-0.2, 0) is 0 Å². The van der Waals surface area contributed by atoms with Gasteiger partial charge in [-0.3, -0.25) is 0 Å². The van der Waals surface area contributed by atoms with Crippen molar-refractivity contribution in [1.82, 2.24) is 9.97 Å². The summed E-state index contributed by atoms with van der Waals surface area (Å²) in [6, 6.07) is 16.2. The Hall–Kier alpha value is -3.44. The number of benzene rings is 2. The maximum absolute atomic E-state index is 9.16. The predicted molar refractivity (Wildman–Crippen MR) is 75.5 cm³/mol. The van der Waals surface area contributed by atoms with E-state index in [1.54, 1.807) is 18.2 Å². The fraction of sp³-hybridized carbons (Fsp3) is 0. The van der Waals surface area contributed by atoms with Gasteiger partial charge in [0.05, 0.1) is 22.8 Å². The SMILES string of the molecule is N#Cc1cccc(Oc2cnc3ccccc3n2)c1C#N. The predicted octanol–water partition coefficient (Wildman–Crippen LogP) is 3.17. The molecule has 2 aromatic carbocycles. The first-order chi connectivity index (χ1) is 10.3. The minimum atomic E-state index is 0.190. The first kappa shape index (κ1) is 12.6. The quantitative estimate of drug-likeness (QED) is 0.715. The zero-order chi connectivity index (χ0) is 14.7. The van der Waals surface area contributed by atoms with Gasteiger partial charge < -0.3 is 4.74 Å². The number of nitrogens with zero attached hydrogens (tertiary/aromatic N) is 4. The standard InChI is InChI=1S/C16H8N4O/c17-8-11-4-3-7-15(12(11)9-18)21-16-10-19-13-5-1-2-6-14(13)20-16/h1-7,10H. The molecular weight excluding hydrogens is 264 g/mol. The Morgan fingerprint density at radius 1 is 0.905 bits per heavy atom. The zero-order valence-electron chi connectivity index (χ0n) is 10.8. The first-order valence-corrected chi connectivity index (χ1v) is 6.14. The molecule has 3 rings (SSSR count). The molecule has 0 saturated heterocycles. The molecule has 98 valence electrons. The minimum Gasteiger partial charge on any atom is -0.436 e. The normalized spacial score (nSPS) is 9.81. The van der Waals surface area contributed by atoms with Crippen LogP contribution in [-0.4, -0.2) is 9.97 Å². The molecule has 0 aliphatic heterocycles. The Kier molecular flexibility index (Phi) is 3.16. The van der Waals surface area contributed by atoms with Gasteiger partial charge in [0.25, 0.3) is 0 Å². The largest absolute Gasteiger partial charge is 0.436 e. The van der Waals surface area contributed by atoms with Gasteiger partial charge in [-0.1, -0.05) is 18.2 Å². The zero-order valence-corrected chi connectivity index (χ0v) is 10.8.